The molecule has 1 aliphatic carbocycles. The predicted molar refractivity (Wildman–Crippen MR) is 64.3 cm³/mol. The Morgan fingerprint density at radius 2 is 2.12 bits per heavy atom. The fraction of sp³-hybridized carbons (Fsp3) is 0.417. The summed E-state index contributed by atoms with van der Waals surface area (Å²) in [6.45, 7) is 0.773. The summed E-state index contributed by atoms with van der Waals surface area (Å²) in [7, 11) is 0. The third-order valence-electron chi connectivity index (χ3n) is 2.52. The summed E-state index contributed by atoms with van der Waals surface area (Å²) < 4.78 is 5.32. The molecule has 2 nitrogen and oxygen atoms in total. The highest BCUT2D eigenvalue weighted by molar-refractivity contribution is 6.36. The van der Waals surface area contributed by atoms with Crippen LogP contribution in [0, 0.1) is 5.92 Å². The van der Waals surface area contributed by atoms with Gasteiger partial charge >= 0.3 is 0 Å². The fourth-order valence-corrected chi connectivity index (χ4v) is 1.91. The van der Waals surface area contributed by atoms with Crippen molar-refractivity contribution in [1.82, 2.24) is 0 Å². The van der Waals surface area contributed by atoms with Crippen LogP contribution in [0.4, 0.5) is 0 Å². The van der Waals surface area contributed by atoms with Crippen LogP contribution in [0.15, 0.2) is 18.2 Å². The minimum atomic E-state index is -0.0951. The quantitative estimate of drug-likeness (QED) is 0.755. The van der Waals surface area contributed by atoms with Gasteiger partial charge in [0, 0.05) is 10.6 Å². The molecule has 0 bridgehead atoms. The van der Waals surface area contributed by atoms with E-state index in [1.54, 1.807) is 18.2 Å². The number of hydrogen-bond donors (Lipinski definition) is 0. The van der Waals surface area contributed by atoms with Crippen LogP contribution in [0.2, 0.25) is 10.0 Å². The first-order valence-electron chi connectivity index (χ1n) is 5.23. The Hall–Kier alpha value is -0.570. The van der Waals surface area contributed by atoms with Gasteiger partial charge in [0.05, 0.1) is 11.6 Å². The van der Waals surface area contributed by atoms with Gasteiger partial charge in [-0.3, -0.25) is 4.79 Å². The lowest BCUT2D eigenvalue weighted by atomic mass is 10.1. The van der Waals surface area contributed by atoms with Crippen molar-refractivity contribution in [2.75, 3.05) is 13.2 Å². The summed E-state index contributed by atoms with van der Waals surface area (Å²) in [6.07, 6.45) is 2.44. The van der Waals surface area contributed by atoms with Crippen molar-refractivity contribution in [3.8, 4) is 0 Å². The van der Waals surface area contributed by atoms with Gasteiger partial charge in [0.2, 0.25) is 0 Å². The zero-order valence-corrected chi connectivity index (χ0v) is 10.2. The molecule has 2 rings (SSSR count). The zero-order chi connectivity index (χ0) is 11.5. The molecule has 1 fully saturated rings. The third-order valence-corrected chi connectivity index (χ3v) is 3.06. The molecular formula is C12H12Cl2O2. The Bertz CT molecular complexity index is 400. The molecule has 0 unspecified atom stereocenters. The SMILES string of the molecule is O=C(COCC1CC1)c1ccc(Cl)cc1Cl. The molecule has 1 aliphatic rings. The molecule has 0 aromatic heterocycles. The van der Waals surface area contributed by atoms with E-state index in [2.05, 4.69) is 0 Å². The summed E-state index contributed by atoms with van der Waals surface area (Å²) >= 11 is 11.7. The topological polar surface area (TPSA) is 26.3 Å². The zero-order valence-electron chi connectivity index (χ0n) is 8.71. The molecule has 16 heavy (non-hydrogen) atoms. The number of hydrogen-bond acceptors (Lipinski definition) is 2. The largest absolute Gasteiger partial charge is 0.373 e. The van der Waals surface area contributed by atoms with Crippen molar-refractivity contribution in [1.29, 1.82) is 0 Å². The third kappa shape index (κ3) is 3.21. The van der Waals surface area contributed by atoms with Gasteiger partial charge in [-0.05, 0) is 37.0 Å². The second-order valence-electron chi connectivity index (χ2n) is 4.01. The highest BCUT2D eigenvalue weighted by Gasteiger charge is 2.21. The van der Waals surface area contributed by atoms with E-state index in [9.17, 15) is 4.79 Å². The van der Waals surface area contributed by atoms with Gasteiger partial charge in [0.25, 0.3) is 0 Å². The van der Waals surface area contributed by atoms with E-state index in [-0.39, 0.29) is 12.4 Å². The number of rotatable bonds is 5. The number of ketones is 1. The molecule has 0 aliphatic heterocycles. The number of carbonyl (C=O) groups excluding carboxylic acids is 1. The van der Waals surface area contributed by atoms with Crippen LogP contribution in [0.1, 0.15) is 23.2 Å². The van der Waals surface area contributed by atoms with Crippen LogP contribution >= 0.6 is 23.2 Å². The van der Waals surface area contributed by atoms with Gasteiger partial charge in [0.15, 0.2) is 5.78 Å². The second kappa shape index (κ2) is 5.17. The summed E-state index contributed by atoms with van der Waals surface area (Å²) in [6, 6.07) is 4.85. The Balaban J connectivity index is 1.91. The van der Waals surface area contributed by atoms with E-state index < -0.39 is 0 Å². The molecule has 0 radical (unpaired) electrons. The normalized spacial score (nSPS) is 15.1. The fourth-order valence-electron chi connectivity index (χ4n) is 1.40. The smallest absolute Gasteiger partial charge is 0.189 e. The maximum atomic E-state index is 11.7. The highest BCUT2D eigenvalue weighted by atomic mass is 35.5. The maximum Gasteiger partial charge on any atom is 0.189 e. The van der Waals surface area contributed by atoms with E-state index in [0.29, 0.717) is 28.1 Å². The van der Waals surface area contributed by atoms with Gasteiger partial charge in [0.1, 0.15) is 6.61 Å². The minimum Gasteiger partial charge on any atom is -0.373 e. The van der Waals surface area contributed by atoms with Gasteiger partial charge < -0.3 is 4.74 Å². The molecular weight excluding hydrogens is 247 g/mol. The minimum absolute atomic E-state index is 0.0951. The van der Waals surface area contributed by atoms with E-state index >= 15 is 0 Å². The molecule has 1 aromatic carbocycles. The van der Waals surface area contributed by atoms with Gasteiger partial charge in [-0.25, -0.2) is 0 Å². The number of carbonyl (C=O) groups is 1. The van der Waals surface area contributed by atoms with Crippen LogP contribution in [0.5, 0.6) is 0 Å². The summed E-state index contributed by atoms with van der Waals surface area (Å²) in [5.74, 6) is 0.566. The van der Waals surface area contributed by atoms with Crippen LogP contribution < -0.4 is 0 Å². The Morgan fingerprint density at radius 1 is 1.38 bits per heavy atom. The molecule has 0 atom stereocenters. The molecule has 0 amide bonds. The lowest BCUT2D eigenvalue weighted by Gasteiger charge is -2.04. The molecule has 4 heteroatoms. The Kier molecular flexibility index (Phi) is 3.85. The monoisotopic (exact) mass is 258 g/mol. The van der Waals surface area contributed by atoms with Gasteiger partial charge in [-0.2, -0.15) is 0 Å². The summed E-state index contributed by atoms with van der Waals surface area (Å²) in [4.78, 5) is 11.7. The van der Waals surface area contributed by atoms with Crippen LogP contribution in [-0.2, 0) is 4.74 Å². The summed E-state index contributed by atoms with van der Waals surface area (Å²) in [5.41, 5.74) is 0.474. The predicted octanol–water partition coefficient (Wildman–Crippen LogP) is 3.60. The van der Waals surface area contributed by atoms with Gasteiger partial charge in [-0.1, -0.05) is 23.2 Å². The van der Waals surface area contributed by atoms with Crippen LogP contribution in [0.3, 0.4) is 0 Å². The molecule has 0 heterocycles. The van der Waals surface area contributed by atoms with Crippen LogP contribution in [-0.4, -0.2) is 19.0 Å². The van der Waals surface area contributed by atoms with Crippen molar-refractivity contribution in [3.63, 3.8) is 0 Å². The van der Waals surface area contributed by atoms with E-state index in [1.165, 1.54) is 12.8 Å². The highest BCUT2D eigenvalue weighted by Crippen LogP contribution is 2.29. The van der Waals surface area contributed by atoms with Gasteiger partial charge in [-0.15, -0.1) is 0 Å². The van der Waals surface area contributed by atoms with E-state index in [1.807, 2.05) is 0 Å². The van der Waals surface area contributed by atoms with Crippen molar-refractivity contribution in [3.05, 3.63) is 33.8 Å². The average molecular weight is 259 g/mol. The molecule has 1 saturated carbocycles. The number of ether oxygens (including phenoxy) is 1. The second-order valence-corrected chi connectivity index (χ2v) is 4.85. The number of benzene rings is 1. The van der Waals surface area contributed by atoms with Crippen molar-refractivity contribution in [2.45, 2.75) is 12.8 Å². The molecule has 1 aromatic rings. The lowest BCUT2D eigenvalue weighted by Crippen LogP contribution is -2.11. The average Bonchev–Trinajstić information content (AvgIpc) is 3.01. The van der Waals surface area contributed by atoms with E-state index in [0.717, 1.165) is 0 Å². The van der Waals surface area contributed by atoms with Crippen molar-refractivity contribution in [2.24, 2.45) is 5.92 Å². The van der Waals surface area contributed by atoms with Crippen molar-refractivity contribution >= 4 is 29.0 Å². The van der Waals surface area contributed by atoms with Crippen LogP contribution in [0.25, 0.3) is 0 Å². The Labute approximate surface area is 104 Å². The number of halogens is 2. The number of Topliss-reactive ketones (excluding diaryl/α,β-unsaturated/α-hetero) is 1. The first-order chi connectivity index (χ1) is 7.66. The first kappa shape index (κ1) is 11.9. The standard InChI is InChI=1S/C12H12Cl2O2/c13-9-3-4-10(11(14)5-9)12(15)7-16-6-8-1-2-8/h3-5,8H,1-2,6-7H2. The molecule has 86 valence electrons. The Morgan fingerprint density at radius 3 is 2.75 bits per heavy atom. The summed E-state index contributed by atoms with van der Waals surface area (Å²) in [5, 5.41) is 0.910. The van der Waals surface area contributed by atoms with Crippen molar-refractivity contribution < 1.29 is 9.53 Å². The molecule has 0 N–H and O–H groups in total. The lowest BCUT2D eigenvalue weighted by molar-refractivity contribution is 0.0740. The van der Waals surface area contributed by atoms with E-state index in [4.69, 9.17) is 27.9 Å². The molecule has 0 saturated heterocycles. The molecule has 0 spiro atoms. The first-order valence-corrected chi connectivity index (χ1v) is 5.98. The maximum absolute atomic E-state index is 11.7.